The average molecular weight is 488 g/mol. The Kier molecular flexibility index (Phi) is 5.68. The Labute approximate surface area is 204 Å². The summed E-state index contributed by atoms with van der Waals surface area (Å²) in [6, 6.07) is 15.5. The van der Waals surface area contributed by atoms with Crippen LogP contribution < -0.4 is 5.32 Å². The molecule has 0 bridgehead atoms. The summed E-state index contributed by atoms with van der Waals surface area (Å²) in [5, 5.41) is 10.5. The summed E-state index contributed by atoms with van der Waals surface area (Å²) < 4.78 is 4.42. The molecule has 0 aliphatic carbocycles. The third-order valence-electron chi connectivity index (χ3n) is 5.39. The number of hydrogen-bond acceptors (Lipinski definition) is 6. The van der Waals surface area contributed by atoms with Crippen molar-refractivity contribution in [1.82, 2.24) is 29.3 Å². The number of nitrogens with zero attached hydrogens (tertiary/aromatic N) is 5. The number of amides is 1. The van der Waals surface area contributed by atoms with E-state index in [1.165, 1.54) is 11.3 Å². The first kappa shape index (κ1) is 21.9. The number of nitrogens with one attached hydrogen (secondary N) is 2. The van der Waals surface area contributed by atoms with Gasteiger partial charge < -0.3 is 0 Å². The number of allylic oxidation sites excluding steroid dienone is 1. The van der Waals surface area contributed by atoms with Crippen LogP contribution in [0.15, 0.2) is 61.2 Å². The zero-order valence-corrected chi connectivity index (χ0v) is 20.2. The lowest BCUT2D eigenvalue weighted by Crippen LogP contribution is -2.11. The molecule has 8 nitrogen and oxygen atoms in total. The molecule has 5 aromatic rings. The van der Waals surface area contributed by atoms with Gasteiger partial charge in [-0.3, -0.25) is 24.3 Å². The largest absolute Gasteiger partial charge is 0.298 e. The predicted octanol–water partition coefficient (Wildman–Crippen LogP) is 5.46. The van der Waals surface area contributed by atoms with Crippen molar-refractivity contribution in [1.29, 1.82) is 0 Å². The molecule has 0 radical (unpaired) electrons. The molecule has 2 aromatic carbocycles. The molecule has 0 fully saturated rings. The van der Waals surface area contributed by atoms with E-state index in [1.807, 2.05) is 54.8 Å². The summed E-state index contributed by atoms with van der Waals surface area (Å²) >= 11 is 6.66. The van der Waals surface area contributed by atoms with Gasteiger partial charge in [0.2, 0.25) is 0 Å². The molecule has 170 valence electrons. The number of benzene rings is 2. The average Bonchev–Trinajstić information content (AvgIpc) is 3.48. The number of rotatable bonds is 6. The third kappa shape index (κ3) is 3.87. The molecule has 3 aromatic heterocycles. The summed E-state index contributed by atoms with van der Waals surface area (Å²) in [7, 11) is 0. The monoisotopic (exact) mass is 487 g/mol. The molecule has 2 N–H and O–H groups in total. The molecule has 0 atom stereocenters. The molecule has 0 saturated heterocycles. The highest BCUT2D eigenvalue weighted by Gasteiger charge is 2.18. The first-order chi connectivity index (χ1) is 16.5. The number of carbonyl (C=O) groups excluding carboxylic acids is 1. The van der Waals surface area contributed by atoms with E-state index in [-0.39, 0.29) is 5.91 Å². The molecule has 0 unspecified atom stereocenters. The lowest BCUT2D eigenvalue weighted by Gasteiger charge is -2.07. The van der Waals surface area contributed by atoms with Gasteiger partial charge in [0, 0.05) is 17.8 Å². The van der Waals surface area contributed by atoms with Crippen LogP contribution in [-0.4, -0.2) is 35.2 Å². The maximum atomic E-state index is 13.0. The number of fused-ring (bicyclic) bond motifs is 1. The molecular weight excluding hydrogens is 466 g/mol. The second-order valence-corrected chi connectivity index (χ2v) is 9.06. The smallest absolute Gasteiger partial charge is 0.257 e. The second kappa shape index (κ2) is 8.81. The highest BCUT2D eigenvalue weighted by molar-refractivity contribution is 7.71. The van der Waals surface area contributed by atoms with E-state index in [4.69, 9.17) is 12.2 Å². The Morgan fingerprint density at radius 3 is 2.76 bits per heavy atom. The number of thiazole rings is 1. The summed E-state index contributed by atoms with van der Waals surface area (Å²) in [5.74, 6) is 1.27. The Hall–Kier alpha value is -3.89. The topological polar surface area (TPSA) is 93.4 Å². The molecular formula is C24H21N7OS2. The second-order valence-electron chi connectivity index (χ2n) is 7.67. The number of imidazole rings is 1. The Morgan fingerprint density at radius 1 is 1.21 bits per heavy atom. The Morgan fingerprint density at radius 2 is 2.00 bits per heavy atom. The zero-order chi connectivity index (χ0) is 23.8. The molecule has 0 aliphatic heterocycles. The van der Waals surface area contributed by atoms with Crippen LogP contribution in [0.5, 0.6) is 0 Å². The van der Waals surface area contributed by atoms with Crippen LogP contribution in [0.2, 0.25) is 0 Å². The van der Waals surface area contributed by atoms with Crippen LogP contribution in [0.3, 0.4) is 0 Å². The van der Waals surface area contributed by atoms with Crippen molar-refractivity contribution in [3.63, 3.8) is 0 Å². The number of aromatic nitrogens is 6. The lowest BCUT2D eigenvalue weighted by atomic mass is 10.2. The van der Waals surface area contributed by atoms with Gasteiger partial charge in [-0.2, -0.15) is 5.10 Å². The van der Waals surface area contributed by atoms with Crippen LogP contribution in [-0.2, 0) is 6.54 Å². The van der Waals surface area contributed by atoms with E-state index in [2.05, 4.69) is 36.6 Å². The van der Waals surface area contributed by atoms with E-state index in [9.17, 15) is 4.79 Å². The minimum atomic E-state index is -0.251. The molecule has 1 amide bonds. The highest BCUT2D eigenvalue weighted by Crippen LogP contribution is 2.32. The third-order valence-corrected chi connectivity index (χ3v) is 6.77. The van der Waals surface area contributed by atoms with E-state index < -0.39 is 0 Å². The van der Waals surface area contributed by atoms with Gasteiger partial charge in [0.1, 0.15) is 5.82 Å². The number of H-pyrrole nitrogens is 1. The Balaban J connectivity index is 1.43. The van der Waals surface area contributed by atoms with E-state index in [0.717, 1.165) is 33.1 Å². The maximum absolute atomic E-state index is 13.0. The summed E-state index contributed by atoms with van der Waals surface area (Å²) in [6.45, 7) is 8.13. The van der Waals surface area contributed by atoms with E-state index >= 15 is 0 Å². The molecule has 0 saturated carbocycles. The molecule has 0 spiro atoms. The number of aryl methyl sites for hydroxylation is 2. The number of carbonyl (C=O) groups is 1. The minimum Gasteiger partial charge on any atom is -0.298 e. The van der Waals surface area contributed by atoms with Crippen LogP contribution >= 0.6 is 23.6 Å². The summed E-state index contributed by atoms with van der Waals surface area (Å²) in [6.07, 6.45) is 1.75. The van der Waals surface area contributed by atoms with Crippen molar-refractivity contribution in [2.45, 2.75) is 20.4 Å². The van der Waals surface area contributed by atoms with Gasteiger partial charge in [-0.05, 0) is 56.4 Å². The van der Waals surface area contributed by atoms with Gasteiger partial charge in [-0.25, -0.2) is 9.97 Å². The lowest BCUT2D eigenvalue weighted by molar-refractivity contribution is 0.102. The van der Waals surface area contributed by atoms with Gasteiger partial charge in [-0.1, -0.05) is 35.6 Å². The van der Waals surface area contributed by atoms with Gasteiger partial charge in [-0.15, -0.1) is 6.58 Å². The predicted molar refractivity (Wildman–Crippen MR) is 137 cm³/mol. The van der Waals surface area contributed by atoms with Gasteiger partial charge in [0.05, 0.1) is 21.6 Å². The number of para-hydroxylation sites is 1. The van der Waals surface area contributed by atoms with Gasteiger partial charge >= 0.3 is 0 Å². The standard InChI is InChI=1S/C24H21N7OS2/c1-4-12-30-21(28-29-24(30)33)20-14(2)25-23(34-20)27-22(32)16-10-11-19-18(13-16)26-15(3)31(19)17-8-6-5-7-9-17/h4-11,13H,1,12H2,2-3H3,(H,29,33)(H,25,27,32). The molecule has 5 rings (SSSR count). The molecule has 34 heavy (non-hydrogen) atoms. The highest BCUT2D eigenvalue weighted by atomic mass is 32.1. The maximum Gasteiger partial charge on any atom is 0.257 e. The van der Waals surface area contributed by atoms with Crippen LogP contribution in [0.1, 0.15) is 21.9 Å². The number of hydrogen-bond donors (Lipinski definition) is 2. The first-order valence-corrected chi connectivity index (χ1v) is 11.8. The SMILES string of the molecule is C=CCn1c(-c2sc(NC(=O)c3ccc4c(c3)nc(C)n4-c3ccccc3)nc2C)n[nH]c1=S. The van der Waals surface area contributed by atoms with Crippen molar-refractivity contribution in [3.8, 4) is 16.4 Å². The van der Waals surface area contributed by atoms with Crippen molar-refractivity contribution in [3.05, 3.63) is 83.0 Å². The van der Waals surface area contributed by atoms with Crippen LogP contribution in [0.4, 0.5) is 5.13 Å². The van der Waals surface area contributed by atoms with E-state index in [1.54, 1.807) is 18.2 Å². The fourth-order valence-electron chi connectivity index (χ4n) is 3.86. The van der Waals surface area contributed by atoms with Crippen molar-refractivity contribution >= 4 is 45.6 Å². The minimum absolute atomic E-state index is 0.251. The summed E-state index contributed by atoms with van der Waals surface area (Å²) in [4.78, 5) is 23.0. The van der Waals surface area contributed by atoms with Gasteiger partial charge in [0.25, 0.3) is 5.91 Å². The molecule has 3 heterocycles. The fraction of sp³-hybridized carbons (Fsp3) is 0.125. The number of anilines is 1. The van der Waals surface area contributed by atoms with E-state index in [0.29, 0.717) is 27.8 Å². The Bertz CT molecular complexity index is 1590. The van der Waals surface area contributed by atoms with Crippen molar-refractivity contribution < 1.29 is 4.79 Å². The first-order valence-electron chi connectivity index (χ1n) is 10.6. The normalized spacial score (nSPS) is 11.1. The summed E-state index contributed by atoms with van der Waals surface area (Å²) in [5.41, 5.74) is 3.99. The van der Waals surface area contributed by atoms with Gasteiger partial charge in [0.15, 0.2) is 15.7 Å². The zero-order valence-electron chi connectivity index (χ0n) is 18.6. The van der Waals surface area contributed by atoms with Crippen LogP contribution in [0.25, 0.3) is 27.4 Å². The number of aromatic amines is 1. The van der Waals surface area contributed by atoms with Crippen molar-refractivity contribution in [2.75, 3.05) is 5.32 Å². The molecule has 0 aliphatic rings. The quantitative estimate of drug-likeness (QED) is 0.245. The van der Waals surface area contributed by atoms with Crippen LogP contribution in [0, 0.1) is 18.6 Å². The van der Waals surface area contributed by atoms with Crippen molar-refractivity contribution in [2.24, 2.45) is 0 Å². The fourth-order valence-corrected chi connectivity index (χ4v) is 5.03. The molecule has 10 heteroatoms.